The highest BCUT2D eigenvalue weighted by Gasteiger charge is 2.42. The third-order valence-electron chi connectivity index (χ3n) is 5.02. The van der Waals surface area contributed by atoms with Gasteiger partial charge in [-0.1, -0.05) is 36.4 Å². The number of nitrogens with two attached hydrogens (primary N) is 1. The van der Waals surface area contributed by atoms with Crippen molar-refractivity contribution in [3.8, 4) is 0 Å². The van der Waals surface area contributed by atoms with Crippen LogP contribution in [0.15, 0.2) is 42.5 Å². The van der Waals surface area contributed by atoms with Gasteiger partial charge < -0.3 is 10.6 Å². The molecule has 0 radical (unpaired) electrons. The van der Waals surface area contributed by atoms with Gasteiger partial charge in [0, 0.05) is 23.7 Å². The van der Waals surface area contributed by atoms with E-state index in [-0.39, 0.29) is 11.9 Å². The van der Waals surface area contributed by atoms with Crippen LogP contribution in [0.3, 0.4) is 0 Å². The van der Waals surface area contributed by atoms with Crippen LogP contribution >= 0.6 is 0 Å². The number of piperidine rings is 1. The SMILES string of the molecule is NC1CC2CCC(C1)N2C(=O)c1cccc2ccccc12. The van der Waals surface area contributed by atoms with Gasteiger partial charge in [0.05, 0.1) is 0 Å². The van der Waals surface area contributed by atoms with Crippen LogP contribution in [0.1, 0.15) is 36.0 Å². The lowest BCUT2D eigenvalue weighted by Crippen LogP contribution is -2.50. The first-order valence-electron chi connectivity index (χ1n) is 7.80. The molecule has 4 rings (SSSR count). The molecule has 2 aliphatic rings. The minimum absolute atomic E-state index is 0.186. The van der Waals surface area contributed by atoms with E-state index in [0.717, 1.165) is 42.0 Å². The molecule has 2 fully saturated rings. The lowest BCUT2D eigenvalue weighted by Gasteiger charge is -2.38. The molecule has 0 saturated carbocycles. The second-order valence-electron chi connectivity index (χ2n) is 6.36. The van der Waals surface area contributed by atoms with E-state index in [1.54, 1.807) is 0 Å². The Labute approximate surface area is 124 Å². The number of hydrogen-bond donors (Lipinski definition) is 1. The van der Waals surface area contributed by atoms with Crippen LogP contribution in [0.5, 0.6) is 0 Å². The topological polar surface area (TPSA) is 46.3 Å². The van der Waals surface area contributed by atoms with Crippen molar-refractivity contribution < 1.29 is 4.79 Å². The minimum atomic E-state index is 0.186. The van der Waals surface area contributed by atoms with E-state index in [4.69, 9.17) is 5.73 Å². The van der Waals surface area contributed by atoms with Gasteiger partial charge in [-0.25, -0.2) is 0 Å². The zero-order chi connectivity index (χ0) is 14.4. The van der Waals surface area contributed by atoms with E-state index in [1.165, 1.54) is 0 Å². The molecule has 2 aromatic rings. The van der Waals surface area contributed by atoms with Crippen LogP contribution in [-0.2, 0) is 0 Å². The molecule has 108 valence electrons. The zero-order valence-electron chi connectivity index (χ0n) is 12.0. The summed E-state index contributed by atoms with van der Waals surface area (Å²) in [4.78, 5) is 15.2. The maximum absolute atomic E-state index is 13.1. The maximum Gasteiger partial charge on any atom is 0.254 e. The van der Waals surface area contributed by atoms with Gasteiger partial charge in [-0.3, -0.25) is 4.79 Å². The van der Waals surface area contributed by atoms with Crippen molar-refractivity contribution >= 4 is 16.7 Å². The molecule has 21 heavy (non-hydrogen) atoms. The van der Waals surface area contributed by atoms with Crippen molar-refractivity contribution in [3.05, 3.63) is 48.0 Å². The third kappa shape index (κ3) is 2.04. The predicted molar refractivity (Wildman–Crippen MR) is 84.1 cm³/mol. The first-order chi connectivity index (χ1) is 10.2. The highest BCUT2D eigenvalue weighted by Crippen LogP contribution is 2.36. The molecule has 0 aliphatic carbocycles. The fraction of sp³-hybridized carbons (Fsp3) is 0.389. The Morgan fingerprint density at radius 2 is 1.67 bits per heavy atom. The van der Waals surface area contributed by atoms with Crippen LogP contribution in [0.4, 0.5) is 0 Å². The Bertz CT molecular complexity index is 677. The number of fused-ring (bicyclic) bond motifs is 3. The van der Waals surface area contributed by atoms with Crippen molar-refractivity contribution in [1.29, 1.82) is 0 Å². The van der Waals surface area contributed by atoms with Crippen molar-refractivity contribution in [3.63, 3.8) is 0 Å². The summed E-state index contributed by atoms with van der Waals surface area (Å²) in [5.74, 6) is 0.186. The number of amides is 1. The maximum atomic E-state index is 13.1. The molecule has 1 amide bonds. The molecule has 2 unspecified atom stereocenters. The Balaban J connectivity index is 1.74. The number of rotatable bonds is 1. The first-order valence-corrected chi connectivity index (χ1v) is 7.80. The molecule has 2 heterocycles. The molecule has 0 aromatic heterocycles. The average molecular weight is 280 g/mol. The van der Waals surface area contributed by atoms with E-state index in [9.17, 15) is 4.79 Å². The second kappa shape index (κ2) is 4.85. The van der Waals surface area contributed by atoms with Crippen LogP contribution in [0, 0.1) is 0 Å². The number of carbonyl (C=O) groups is 1. The lowest BCUT2D eigenvalue weighted by molar-refractivity contribution is 0.0577. The number of hydrogen-bond acceptors (Lipinski definition) is 2. The molecule has 2 aliphatic heterocycles. The monoisotopic (exact) mass is 280 g/mol. The molecule has 3 nitrogen and oxygen atoms in total. The Kier molecular flexibility index (Phi) is 2.96. The van der Waals surface area contributed by atoms with Gasteiger partial charge in [-0.15, -0.1) is 0 Å². The van der Waals surface area contributed by atoms with Crippen LogP contribution < -0.4 is 5.73 Å². The van der Waals surface area contributed by atoms with Crippen LogP contribution in [0.25, 0.3) is 10.8 Å². The van der Waals surface area contributed by atoms with Crippen LogP contribution in [-0.4, -0.2) is 28.9 Å². The van der Waals surface area contributed by atoms with E-state index in [2.05, 4.69) is 17.0 Å². The number of carbonyl (C=O) groups excluding carboxylic acids is 1. The van der Waals surface area contributed by atoms with E-state index in [1.807, 2.05) is 30.3 Å². The van der Waals surface area contributed by atoms with Crippen molar-refractivity contribution in [2.45, 2.75) is 43.8 Å². The predicted octanol–water partition coefficient (Wildman–Crippen LogP) is 2.93. The second-order valence-corrected chi connectivity index (χ2v) is 6.36. The van der Waals surface area contributed by atoms with Gasteiger partial charge in [0.15, 0.2) is 0 Å². The molecule has 0 spiro atoms. The lowest BCUT2D eigenvalue weighted by atomic mass is 9.96. The molecule has 2 atom stereocenters. The standard InChI is InChI=1S/C18H20N2O/c19-13-10-14-8-9-15(11-13)20(14)18(21)17-7-3-5-12-4-1-2-6-16(12)17/h1-7,13-15H,8-11,19H2. The normalized spacial score (nSPS) is 28.0. The van der Waals surface area contributed by atoms with Crippen LogP contribution in [0.2, 0.25) is 0 Å². The molecule has 2 bridgehead atoms. The van der Waals surface area contributed by atoms with Gasteiger partial charge in [0.25, 0.3) is 5.91 Å². The summed E-state index contributed by atoms with van der Waals surface area (Å²) in [6.45, 7) is 0. The van der Waals surface area contributed by atoms with Crippen molar-refractivity contribution in [2.75, 3.05) is 0 Å². The molecule has 3 heteroatoms. The Morgan fingerprint density at radius 3 is 2.43 bits per heavy atom. The number of nitrogens with zero attached hydrogens (tertiary/aromatic N) is 1. The molecule has 2 saturated heterocycles. The molecule has 2 aromatic carbocycles. The van der Waals surface area contributed by atoms with Gasteiger partial charge in [0.1, 0.15) is 0 Å². The quantitative estimate of drug-likeness (QED) is 0.873. The summed E-state index contributed by atoms with van der Waals surface area (Å²) < 4.78 is 0. The zero-order valence-corrected chi connectivity index (χ0v) is 12.0. The summed E-state index contributed by atoms with van der Waals surface area (Å²) in [6, 6.07) is 15.1. The minimum Gasteiger partial charge on any atom is -0.333 e. The van der Waals surface area contributed by atoms with E-state index < -0.39 is 0 Å². The molecular formula is C18H20N2O. The summed E-state index contributed by atoms with van der Waals surface area (Å²) in [6.07, 6.45) is 4.11. The molecule has 2 N–H and O–H groups in total. The first kappa shape index (κ1) is 12.8. The fourth-order valence-corrected chi connectivity index (χ4v) is 4.10. The van der Waals surface area contributed by atoms with Gasteiger partial charge >= 0.3 is 0 Å². The highest BCUT2D eigenvalue weighted by molar-refractivity contribution is 6.07. The van der Waals surface area contributed by atoms with E-state index >= 15 is 0 Å². The summed E-state index contributed by atoms with van der Waals surface area (Å²) in [5.41, 5.74) is 6.94. The van der Waals surface area contributed by atoms with Crippen molar-refractivity contribution in [1.82, 2.24) is 4.90 Å². The number of benzene rings is 2. The fourth-order valence-electron chi connectivity index (χ4n) is 4.10. The van der Waals surface area contributed by atoms with Gasteiger partial charge in [-0.05, 0) is 42.5 Å². The molecular weight excluding hydrogens is 260 g/mol. The van der Waals surface area contributed by atoms with Gasteiger partial charge in [-0.2, -0.15) is 0 Å². The summed E-state index contributed by atoms with van der Waals surface area (Å²) in [5, 5.41) is 2.18. The van der Waals surface area contributed by atoms with Gasteiger partial charge in [0.2, 0.25) is 0 Å². The smallest absolute Gasteiger partial charge is 0.254 e. The Hall–Kier alpha value is -1.87. The average Bonchev–Trinajstić information content (AvgIpc) is 2.78. The summed E-state index contributed by atoms with van der Waals surface area (Å²) in [7, 11) is 0. The Morgan fingerprint density at radius 1 is 1.00 bits per heavy atom. The largest absolute Gasteiger partial charge is 0.333 e. The van der Waals surface area contributed by atoms with E-state index in [0.29, 0.717) is 12.1 Å². The van der Waals surface area contributed by atoms with Crippen molar-refractivity contribution in [2.24, 2.45) is 5.73 Å². The summed E-state index contributed by atoms with van der Waals surface area (Å²) >= 11 is 0. The third-order valence-corrected chi connectivity index (χ3v) is 5.02. The highest BCUT2D eigenvalue weighted by atomic mass is 16.2.